The summed E-state index contributed by atoms with van der Waals surface area (Å²) in [5.74, 6) is 0. The summed E-state index contributed by atoms with van der Waals surface area (Å²) in [5.41, 5.74) is 6.73. The Labute approximate surface area is 161 Å². The van der Waals surface area contributed by atoms with Gasteiger partial charge in [-0.25, -0.2) is 13.2 Å². The highest BCUT2D eigenvalue weighted by Gasteiger charge is 2.22. The molecule has 0 bridgehead atoms. The zero-order valence-corrected chi connectivity index (χ0v) is 15.6. The van der Waals surface area contributed by atoms with Crippen molar-refractivity contribution in [2.24, 2.45) is 5.73 Å². The summed E-state index contributed by atoms with van der Waals surface area (Å²) in [4.78, 5) is 15.5. The number of nitrogens with zero attached hydrogens (tertiary/aromatic N) is 1. The standard InChI is InChI=1S/C19H16ClN3O3S/c20-16-3-1-2-4-17(16)27(25,26)15-7-5-13(6-8-15)18(23-19(21)24)14-9-11-22-12-10-14/h1-12,18H,(H3,21,23,24). The van der Waals surface area contributed by atoms with Gasteiger partial charge in [0, 0.05) is 12.4 Å². The number of pyridine rings is 1. The van der Waals surface area contributed by atoms with Crippen LogP contribution in [0.2, 0.25) is 5.02 Å². The third-order valence-corrected chi connectivity index (χ3v) is 6.25. The van der Waals surface area contributed by atoms with Gasteiger partial charge in [-0.15, -0.1) is 0 Å². The van der Waals surface area contributed by atoms with Gasteiger partial charge < -0.3 is 11.1 Å². The Morgan fingerprint density at radius 1 is 0.963 bits per heavy atom. The lowest BCUT2D eigenvalue weighted by atomic mass is 10.00. The molecule has 6 nitrogen and oxygen atoms in total. The van der Waals surface area contributed by atoms with Crippen molar-refractivity contribution in [2.45, 2.75) is 15.8 Å². The Balaban J connectivity index is 1.98. The smallest absolute Gasteiger partial charge is 0.312 e. The second-order valence-electron chi connectivity index (χ2n) is 5.73. The van der Waals surface area contributed by atoms with Gasteiger partial charge in [0.1, 0.15) is 0 Å². The van der Waals surface area contributed by atoms with Crippen molar-refractivity contribution in [1.82, 2.24) is 10.3 Å². The van der Waals surface area contributed by atoms with Crippen LogP contribution in [0.3, 0.4) is 0 Å². The molecule has 1 aromatic heterocycles. The fourth-order valence-electron chi connectivity index (χ4n) is 2.69. The molecule has 3 rings (SSSR count). The van der Waals surface area contributed by atoms with Gasteiger partial charge in [0.2, 0.25) is 9.84 Å². The van der Waals surface area contributed by atoms with Crippen LogP contribution in [0, 0.1) is 0 Å². The molecule has 0 aliphatic heterocycles. The first-order valence-electron chi connectivity index (χ1n) is 7.95. The molecule has 3 aromatic rings. The van der Waals surface area contributed by atoms with Crippen LogP contribution in [-0.2, 0) is 9.84 Å². The van der Waals surface area contributed by atoms with E-state index in [-0.39, 0.29) is 14.8 Å². The number of halogens is 1. The molecule has 0 radical (unpaired) electrons. The first-order valence-corrected chi connectivity index (χ1v) is 9.81. The van der Waals surface area contributed by atoms with Gasteiger partial charge in [-0.3, -0.25) is 4.98 Å². The van der Waals surface area contributed by atoms with Crippen molar-refractivity contribution < 1.29 is 13.2 Å². The number of rotatable bonds is 5. The van der Waals surface area contributed by atoms with Crippen LogP contribution in [0.5, 0.6) is 0 Å². The Morgan fingerprint density at radius 3 is 2.15 bits per heavy atom. The maximum Gasteiger partial charge on any atom is 0.312 e. The van der Waals surface area contributed by atoms with Crippen molar-refractivity contribution in [3.63, 3.8) is 0 Å². The number of nitrogens with one attached hydrogen (secondary N) is 1. The molecule has 3 N–H and O–H groups in total. The number of hydrogen-bond donors (Lipinski definition) is 2. The van der Waals surface area contributed by atoms with E-state index in [1.54, 1.807) is 48.8 Å². The lowest BCUT2D eigenvalue weighted by molar-refractivity contribution is 0.247. The van der Waals surface area contributed by atoms with Crippen LogP contribution in [0.15, 0.2) is 82.8 Å². The fourth-order valence-corrected chi connectivity index (χ4v) is 4.46. The summed E-state index contributed by atoms with van der Waals surface area (Å²) >= 11 is 6.03. The highest BCUT2D eigenvalue weighted by atomic mass is 35.5. The second kappa shape index (κ2) is 7.77. The molecule has 0 aliphatic carbocycles. The number of carbonyl (C=O) groups excluding carboxylic acids is 1. The number of amides is 2. The van der Waals surface area contributed by atoms with Gasteiger partial charge in [-0.1, -0.05) is 35.9 Å². The molecule has 2 aromatic carbocycles. The number of nitrogens with two attached hydrogens (primary N) is 1. The Bertz CT molecular complexity index is 1060. The van der Waals surface area contributed by atoms with E-state index in [0.29, 0.717) is 5.56 Å². The van der Waals surface area contributed by atoms with Gasteiger partial charge in [0.15, 0.2) is 0 Å². The number of benzene rings is 2. The monoisotopic (exact) mass is 401 g/mol. The molecule has 1 atom stereocenters. The quantitative estimate of drug-likeness (QED) is 0.684. The van der Waals surface area contributed by atoms with Crippen LogP contribution in [0.25, 0.3) is 0 Å². The van der Waals surface area contributed by atoms with Gasteiger partial charge in [0.05, 0.1) is 20.9 Å². The lowest BCUT2D eigenvalue weighted by Gasteiger charge is -2.19. The Hall–Kier alpha value is -2.90. The van der Waals surface area contributed by atoms with Crippen molar-refractivity contribution in [1.29, 1.82) is 0 Å². The summed E-state index contributed by atoms with van der Waals surface area (Å²) < 4.78 is 25.6. The van der Waals surface area contributed by atoms with Crippen molar-refractivity contribution in [3.8, 4) is 0 Å². The summed E-state index contributed by atoms with van der Waals surface area (Å²) in [6.45, 7) is 0. The Kier molecular flexibility index (Phi) is 5.43. The van der Waals surface area contributed by atoms with E-state index in [9.17, 15) is 13.2 Å². The molecule has 8 heteroatoms. The summed E-state index contributed by atoms with van der Waals surface area (Å²) in [6, 6.07) is 14.8. The molecule has 27 heavy (non-hydrogen) atoms. The largest absolute Gasteiger partial charge is 0.352 e. The first kappa shape index (κ1) is 18.9. The number of primary amides is 1. The maximum atomic E-state index is 12.8. The van der Waals surface area contributed by atoms with Crippen molar-refractivity contribution in [3.05, 3.63) is 89.2 Å². The van der Waals surface area contributed by atoms with E-state index in [1.807, 2.05) is 0 Å². The van der Waals surface area contributed by atoms with Crippen molar-refractivity contribution >= 4 is 27.5 Å². The third kappa shape index (κ3) is 4.10. The number of carbonyl (C=O) groups is 1. The van der Waals surface area contributed by atoms with Gasteiger partial charge in [0.25, 0.3) is 0 Å². The second-order valence-corrected chi connectivity index (χ2v) is 8.05. The molecule has 2 amide bonds. The Morgan fingerprint density at radius 2 is 1.56 bits per heavy atom. The maximum absolute atomic E-state index is 12.8. The lowest BCUT2D eigenvalue weighted by Crippen LogP contribution is -2.33. The molecule has 138 valence electrons. The van der Waals surface area contributed by atoms with Crippen LogP contribution in [-0.4, -0.2) is 19.4 Å². The zero-order valence-electron chi connectivity index (χ0n) is 14.0. The minimum absolute atomic E-state index is 0.0420. The minimum Gasteiger partial charge on any atom is -0.352 e. The third-order valence-electron chi connectivity index (χ3n) is 3.98. The van der Waals surface area contributed by atoms with E-state index >= 15 is 0 Å². The van der Waals surface area contributed by atoms with E-state index in [2.05, 4.69) is 10.3 Å². The van der Waals surface area contributed by atoms with Crippen molar-refractivity contribution in [2.75, 3.05) is 0 Å². The molecule has 0 spiro atoms. The van der Waals surface area contributed by atoms with Gasteiger partial charge in [-0.05, 0) is 47.5 Å². The average Bonchev–Trinajstić information content (AvgIpc) is 2.67. The number of hydrogen-bond acceptors (Lipinski definition) is 4. The van der Waals surface area contributed by atoms with Crippen LogP contribution in [0.1, 0.15) is 17.2 Å². The summed E-state index contributed by atoms with van der Waals surface area (Å²) in [6.07, 6.45) is 3.20. The first-order chi connectivity index (χ1) is 12.9. The van der Waals surface area contributed by atoms with E-state index in [0.717, 1.165) is 5.56 Å². The van der Waals surface area contributed by atoms with Crippen LogP contribution in [0.4, 0.5) is 4.79 Å². The normalized spacial score (nSPS) is 12.3. The van der Waals surface area contributed by atoms with E-state index < -0.39 is 21.9 Å². The SMILES string of the molecule is NC(=O)NC(c1ccncc1)c1ccc(S(=O)(=O)c2ccccc2Cl)cc1. The van der Waals surface area contributed by atoms with Crippen LogP contribution < -0.4 is 11.1 Å². The number of sulfone groups is 1. The average molecular weight is 402 g/mol. The number of aromatic nitrogens is 1. The molecule has 0 fully saturated rings. The molecule has 1 unspecified atom stereocenters. The van der Waals surface area contributed by atoms with Crippen LogP contribution >= 0.6 is 11.6 Å². The zero-order chi connectivity index (χ0) is 19.4. The predicted molar refractivity (Wildman–Crippen MR) is 102 cm³/mol. The van der Waals surface area contributed by atoms with Gasteiger partial charge >= 0.3 is 6.03 Å². The summed E-state index contributed by atoms with van der Waals surface area (Å²) in [7, 11) is -3.75. The molecular formula is C19H16ClN3O3S. The molecule has 1 heterocycles. The highest BCUT2D eigenvalue weighted by molar-refractivity contribution is 7.91. The minimum atomic E-state index is -3.75. The topological polar surface area (TPSA) is 102 Å². The highest BCUT2D eigenvalue weighted by Crippen LogP contribution is 2.29. The molecule has 0 aliphatic rings. The van der Waals surface area contributed by atoms with E-state index in [4.69, 9.17) is 17.3 Å². The van der Waals surface area contributed by atoms with E-state index in [1.165, 1.54) is 24.3 Å². The van der Waals surface area contributed by atoms with Gasteiger partial charge in [-0.2, -0.15) is 0 Å². The number of urea groups is 1. The predicted octanol–water partition coefficient (Wildman–Crippen LogP) is 3.33. The molecule has 0 saturated carbocycles. The molecular weight excluding hydrogens is 386 g/mol. The fraction of sp³-hybridized carbons (Fsp3) is 0.0526. The molecule has 0 saturated heterocycles. The summed E-state index contributed by atoms with van der Waals surface area (Å²) in [5, 5.41) is 2.81.